The van der Waals surface area contributed by atoms with Gasteiger partial charge in [0.15, 0.2) is 0 Å². The number of carbonyl (C=O) groups is 1. The molecule has 2 aromatic rings. The van der Waals surface area contributed by atoms with Crippen LogP contribution in [-0.2, 0) is 17.8 Å². The third-order valence-electron chi connectivity index (χ3n) is 3.85. The summed E-state index contributed by atoms with van der Waals surface area (Å²) in [5.41, 5.74) is 3.38. The number of likely N-dealkylation sites (N-methyl/N-ethyl adjacent to an activating group) is 1. The molecular formula is C19H23FN2O. The van der Waals surface area contributed by atoms with Gasteiger partial charge in [-0.25, -0.2) is 4.39 Å². The van der Waals surface area contributed by atoms with Gasteiger partial charge in [0.05, 0.1) is 6.54 Å². The average molecular weight is 314 g/mol. The molecule has 0 aliphatic rings. The fourth-order valence-electron chi connectivity index (χ4n) is 2.35. The molecule has 0 atom stereocenters. The molecule has 2 rings (SSSR count). The predicted molar refractivity (Wildman–Crippen MR) is 90.6 cm³/mol. The molecule has 0 saturated heterocycles. The van der Waals surface area contributed by atoms with Gasteiger partial charge in [0.2, 0.25) is 5.91 Å². The molecule has 0 radical (unpaired) electrons. The van der Waals surface area contributed by atoms with Crippen molar-refractivity contribution in [3.05, 3.63) is 71.0 Å². The van der Waals surface area contributed by atoms with E-state index in [0.717, 1.165) is 24.1 Å². The zero-order chi connectivity index (χ0) is 16.7. The Kier molecular flexibility index (Phi) is 6.29. The number of amides is 1. The number of carbonyl (C=O) groups excluding carboxylic acids is 1. The maximum atomic E-state index is 12.8. The predicted octanol–water partition coefficient (Wildman–Crippen LogP) is 2.92. The van der Waals surface area contributed by atoms with Crippen LogP contribution in [0.3, 0.4) is 0 Å². The second kappa shape index (κ2) is 8.44. The van der Waals surface area contributed by atoms with Crippen molar-refractivity contribution in [1.82, 2.24) is 10.2 Å². The normalized spacial score (nSPS) is 10.8. The summed E-state index contributed by atoms with van der Waals surface area (Å²) < 4.78 is 12.8. The molecule has 122 valence electrons. The summed E-state index contributed by atoms with van der Waals surface area (Å²) in [5.74, 6) is -0.215. The lowest BCUT2D eigenvalue weighted by atomic mass is 10.1. The standard InChI is InChI=1S/C19H23FN2O/c1-15-5-3-4-6-17(15)13-21-19(23)14-22(2)12-11-16-7-9-18(20)10-8-16/h3-10H,11-14H2,1-2H3,(H,21,23). The van der Waals surface area contributed by atoms with Crippen molar-refractivity contribution < 1.29 is 9.18 Å². The van der Waals surface area contributed by atoms with E-state index < -0.39 is 0 Å². The van der Waals surface area contributed by atoms with E-state index in [0.29, 0.717) is 13.1 Å². The Morgan fingerprint density at radius 1 is 1.13 bits per heavy atom. The van der Waals surface area contributed by atoms with Crippen LogP contribution in [0.4, 0.5) is 4.39 Å². The molecule has 0 aliphatic carbocycles. The van der Waals surface area contributed by atoms with Gasteiger partial charge in [-0.1, -0.05) is 36.4 Å². The van der Waals surface area contributed by atoms with E-state index in [1.165, 1.54) is 17.7 Å². The van der Waals surface area contributed by atoms with Crippen LogP contribution >= 0.6 is 0 Å². The molecule has 0 saturated carbocycles. The lowest BCUT2D eigenvalue weighted by Crippen LogP contribution is -2.35. The minimum Gasteiger partial charge on any atom is -0.351 e. The van der Waals surface area contributed by atoms with Gasteiger partial charge >= 0.3 is 0 Å². The molecule has 23 heavy (non-hydrogen) atoms. The number of hydrogen-bond acceptors (Lipinski definition) is 2. The first-order valence-electron chi connectivity index (χ1n) is 7.79. The summed E-state index contributed by atoms with van der Waals surface area (Å²) in [6.45, 7) is 3.70. The van der Waals surface area contributed by atoms with Gasteiger partial charge in [-0.15, -0.1) is 0 Å². The Labute approximate surface area is 137 Å². The summed E-state index contributed by atoms with van der Waals surface area (Å²) in [6.07, 6.45) is 0.794. The first-order valence-corrected chi connectivity index (χ1v) is 7.79. The minimum absolute atomic E-state index is 0.00913. The van der Waals surface area contributed by atoms with E-state index in [9.17, 15) is 9.18 Å². The summed E-state index contributed by atoms with van der Waals surface area (Å²) >= 11 is 0. The quantitative estimate of drug-likeness (QED) is 0.852. The molecule has 3 nitrogen and oxygen atoms in total. The highest BCUT2D eigenvalue weighted by Crippen LogP contribution is 2.06. The van der Waals surface area contributed by atoms with Crippen molar-refractivity contribution in [3.8, 4) is 0 Å². The highest BCUT2D eigenvalue weighted by atomic mass is 19.1. The smallest absolute Gasteiger partial charge is 0.234 e. The summed E-state index contributed by atoms with van der Waals surface area (Å²) in [5, 5.41) is 2.95. The molecule has 0 heterocycles. The van der Waals surface area contributed by atoms with Gasteiger partial charge in [0, 0.05) is 13.1 Å². The van der Waals surface area contributed by atoms with E-state index >= 15 is 0 Å². The van der Waals surface area contributed by atoms with Crippen LogP contribution in [0.5, 0.6) is 0 Å². The second-order valence-electron chi connectivity index (χ2n) is 5.82. The fourth-order valence-corrected chi connectivity index (χ4v) is 2.35. The molecular weight excluding hydrogens is 291 g/mol. The maximum Gasteiger partial charge on any atom is 0.234 e. The second-order valence-corrected chi connectivity index (χ2v) is 5.82. The number of aryl methyl sites for hydroxylation is 1. The third kappa shape index (κ3) is 5.83. The van der Waals surface area contributed by atoms with Crippen molar-refractivity contribution >= 4 is 5.91 Å². The monoisotopic (exact) mass is 314 g/mol. The van der Waals surface area contributed by atoms with E-state index in [4.69, 9.17) is 0 Å². The van der Waals surface area contributed by atoms with Crippen molar-refractivity contribution in [2.24, 2.45) is 0 Å². The van der Waals surface area contributed by atoms with Crippen LogP contribution in [-0.4, -0.2) is 30.9 Å². The Balaban J connectivity index is 1.72. The van der Waals surface area contributed by atoms with E-state index in [1.54, 1.807) is 12.1 Å². The van der Waals surface area contributed by atoms with Crippen LogP contribution in [0, 0.1) is 12.7 Å². The summed E-state index contributed by atoms with van der Waals surface area (Å²) in [4.78, 5) is 14.0. The number of halogens is 1. The van der Waals surface area contributed by atoms with E-state index in [2.05, 4.69) is 5.32 Å². The molecule has 1 N–H and O–H groups in total. The number of benzene rings is 2. The van der Waals surface area contributed by atoms with Crippen LogP contribution in [0.1, 0.15) is 16.7 Å². The Bertz CT molecular complexity index is 640. The average Bonchev–Trinajstić information content (AvgIpc) is 2.53. The Hall–Kier alpha value is -2.20. The van der Waals surface area contributed by atoms with Gasteiger partial charge in [0.1, 0.15) is 5.82 Å². The fraction of sp³-hybridized carbons (Fsp3) is 0.316. The van der Waals surface area contributed by atoms with Gasteiger partial charge in [-0.3, -0.25) is 9.69 Å². The topological polar surface area (TPSA) is 32.3 Å². The van der Waals surface area contributed by atoms with Crippen molar-refractivity contribution in [1.29, 1.82) is 0 Å². The zero-order valence-electron chi connectivity index (χ0n) is 13.7. The largest absolute Gasteiger partial charge is 0.351 e. The molecule has 0 fully saturated rings. The number of hydrogen-bond donors (Lipinski definition) is 1. The van der Waals surface area contributed by atoms with Gasteiger partial charge in [-0.05, 0) is 49.2 Å². The molecule has 4 heteroatoms. The van der Waals surface area contributed by atoms with Gasteiger partial charge in [0.25, 0.3) is 0 Å². The molecule has 0 aromatic heterocycles. The first-order chi connectivity index (χ1) is 11.0. The lowest BCUT2D eigenvalue weighted by molar-refractivity contribution is -0.122. The molecule has 0 unspecified atom stereocenters. The number of rotatable bonds is 7. The molecule has 1 amide bonds. The Morgan fingerprint density at radius 2 is 1.83 bits per heavy atom. The van der Waals surface area contributed by atoms with Crippen LogP contribution < -0.4 is 5.32 Å². The van der Waals surface area contributed by atoms with Gasteiger partial charge in [-0.2, -0.15) is 0 Å². The molecule has 0 bridgehead atoms. The van der Waals surface area contributed by atoms with Crippen molar-refractivity contribution in [2.45, 2.75) is 19.9 Å². The highest BCUT2D eigenvalue weighted by molar-refractivity contribution is 5.78. The molecule has 0 aliphatic heterocycles. The first kappa shape index (κ1) is 17.2. The van der Waals surface area contributed by atoms with Crippen LogP contribution in [0.25, 0.3) is 0 Å². The highest BCUT2D eigenvalue weighted by Gasteiger charge is 2.07. The van der Waals surface area contributed by atoms with E-state index in [-0.39, 0.29) is 11.7 Å². The number of nitrogens with zero attached hydrogens (tertiary/aromatic N) is 1. The van der Waals surface area contributed by atoms with E-state index in [1.807, 2.05) is 43.1 Å². The minimum atomic E-state index is -0.224. The maximum absolute atomic E-state index is 12.8. The molecule has 0 spiro atoms. The zero-order valence-corrected chi connectivity index (χ0v) is 13.7. The lowest BCUT2D eigenvalue weighted by Gasteiger charge is -2.16. The van der Waals surface area contributed by atoms with Crippen molar-refractivity contribution in [2.75, 3.05) is 20.1 Å². The summed E-state index contributed by atoms with van der Waals surface area (Å²) in [6, 6.07) is 14.5. The third-order valence-corrected chi connectivity index (χ3v) is 3.85. The van der Waals surface area contributed by atoms with Crippen LogP contribution in [0.15, 0.2) is 48.5 Å². The van der Waals surface area contributed by atoms with Crippen molar-refractivity contribution in [3.63, 3.8) is 0 Å². The van der Waals surface area contributed by atoms with Gasteiger partial charge < -0.3 is 5.32 Å². The Morgan fingerprint density at radius 3 is 2.52 bits per heavy atom. The summed E-state index contributed by atoms with van der Waals surface area (Å²) in [7, 11) is 1.91. The van der Waals surface area contributed by atoms with Crippen LogP contribution in [0.2, 0.25) is 0 Å². The SMILES string of the molecule is Cc1ccccc1CNC(=O)CN(C)CCc1ccc(F)cc1. The molecule has 2 aromatic carbocycles. The number of nitrogens with one attached hydrogen (secondary N) is 1.